The lowest BCUT2D eigenvalue weighted by molar-refractivity contribution is 0.670. The summed E-state index contributed by atoms with van der Waals surface area (Å²) in [6.45, 7) is 0. The molecule has 0 fully saturated rings. The minimum absolute atomic E-state index is 0.0688. The molecule has 0 atom stereocenters. The molecule has 1 aromatic heterocycles. The Morgan fingerprint density at radius 1 is 0.378 bits per heavy atom. The fourth-order valence-corrected chi connectivity index (χ4v) is 6.22. The maximum absolute atomic E-state index is 9.24. The Labute approximate surface area is 279 Å². The van der Waals surface area contributed by atoms with Crippen LogP contribution in [0.5, 0.6) is 0 Å². The number of furan rings is 1. The van der Waals surface area contributed by atoms with Crippen molar-refractivity contribution in [2.45, 2.75) is 0 Å². The summed E-state index contributed by atoms with van der Waals surface area (Å²) in [7, 11) is 0. The Balaban J connectivity index is 1.38. The predicted molar refractivity (Wildman–Crippen MR) is 190 cm³/mol. The Kier molecular flexibility index (Phi) is 3.62. The molecule has 1 nitrogen and oxygen atoms in total. The lowest BCUT2D eigenvalue weighted by Gasteiger charge is -2.18. The van der Waals surface area contributed by atoms with Crippen LogP contribution in [0.3, 0.4) is 0 Å². The van der Waals surface area contributed by atoms with Crippen molar-refractivity contribution in [3.05, 3.63) is 170 Å². The zero-order valence-electron chi connectivity index (χ0n) is 36.6. The fraction of sp³-hybridized carbons (Fsp3) is 0. The molecule has 210 valence electrons. The van der Waals surface area contributed by atoms with Crippen LogP contribution in [0, 0.1) is 0 Å². The molecule has 0 radical (unpaired) electrons. The SMILES string of the molecule is [2H]c1c([2H])c([2H])c(-c2c3c([2H])c([2H])c([2H])c([2H])c3c(-c3cccc(-c4ccc5c(c4)oc4c(-c6ccccc6)cccc45)c3)c3c([2H])c([2H])c([2H])c([2H])c23)c([2H])c1[2H]. The second-order valence-electron chi connectivity index (χ2n) is 10.7. The Hall–Kier alpha value is -5.92. The molecule has 0 spiro atoms. The van der Waals surface area contributed by atoms with E-state index in [-0.39, 0.29) is 32.7 Å². The van der Waals surface area contributed by atoms with Crippen molar-refractivity contribution in [1.29, 1.82) is 0 Å². The first-order valence-corrected chi connectivity index (χ1v) is 14.4. The summed E-state index contributed by atoms with van der Waals surface area (Å²) in [5.41, 5.74) is 4.37. The van der Waals surface area contributed by atoms with E-state index < -0.39 is 84.1 Å². The summed E-state index contributed by atoms with van der Waals surface area (Å²) in [5.74, 6) is 0. The number of fused-ring (bicyclic) bond motifs is 5. The highest BCUT2D eigenvalue weighted by atomic mass is 16.3. The zero-order valence-corrected chi connectivity index (χ0v) is 23.6. The molecule has 1 heteroatoms. The first-order valence-electron chi connectivity index (χ1n) is 20.9. The number of rotatable bonds is 4. The molecule has 0 saturated carbocycles. The molecule has 9 rings (SSSR count). The monoisotopic (exact) mass is 585 g/mol. The van der Waals surface area contributed by atoms with E-state index in [1.54, 1.807) is 18.2 Å². The van der Waals surface area contributed by atoms with Crippen LogP contribution in [0.15, 0.2) is 174 Å². The molecule has 0 bridgehead atoms. The van der Waals surface area contributed by atoms with Crippen LogP contribution in [0.25, 0.3) is 88.0 Å². The molecular weight excluding hydrogens is 544 g/mol. The van der Waals surface area contributed by atoms with E-state index in [0.717, 1.165) is 33.0 Å². The van der Waals surface area contributed by atoms with Gasteiger partial charge in [0, 0.05) is 16.3 Å². The van der Waals surface area contributed by atoms with Gasteiger partial charge in [0.2, 0.25) is 0 Å². The van der Waals surface area contributed by atoms with E-state index in [4.69, 9.17) is 16.8 Å². The van der Waals surface area contributed by atoms with Crippen LogP contribution >= 0.6 is 0 Å². The Bertz CT molecular complexity index is 3150. The highest BCUT2D eigenvalue weighted by Gasteiger charge is 2.17. The van der Waals surface area contributed by atoms with E-state index >= 15 is 0 Å². The van der Waals surface area contributed by atoms with E-state index in [2.05, 4.69) is 0 Å². The normalized spacial score (nSPS) is 15.6. The summed E-state index contributed by atoms with van der Waals surface area (Å²) < 4.78 is 121. The third kappa shape index (κ3) is 4.17. The second kappa shape index (κ2) is 10.4. The third-order valence-electron chi connectivity index (χ3n) is 8.19. The molecule has 1 heterocycles. The third-order valence-corrected chi connectivity index (χ3v) is 8.19. The number of benzene rings is 8. The molecule has 0 aliphatic rings. The van der Waals surface area contributed by atoms with Crippen LogP contribution in [0.4, 0.5) is 0 Å². The smallest absolute Gasteiger partial charge is 0.143 e. The van der Waals surface area contributed by atoms with Gasteiger partial charge in [-0.25, -0.2) is 0 Å². The van der Waals surface area contributed by atoms with Crippen molar-refractivity contribution >= 4 is 43.5 Å². The molecule has 0 N–H and O–H groups in total. The molecule has 0 unspecified atom stereocenters. The van der Waals surface area contributed by atoms with Crippen molar-refractivity contribution in [2.24, 2.45) is 0 Å². The maximum atomic E-state index is 9.24. The van der Waals surface area contributed by atoms with Gasteiger partial charge in [-0.3, -0.25) is 0 Å². The number of hydrogen-bond donors (Lipinski definition) is 0. The molecule has 0 aliphatic heterocycles. The summed E-state index contributed by atoms with van der Waals surface area (Å²) >= 11 is 0. The van der Waals surface area contributed by atoms with E-state index in [9.17, 15) is 5.48 Å². The average molecular weight is 586 g/mol. The van der Waals surface area contributed by atoms with Gasteiger partial charge in [-0.2, -0.15) is 0 Å². The van der Waals surface area contributed by atoms with Gasteiger partial charge >= 0.3 is 0 Å². The topological polar surface area (TPSA) is 13.1 Å². The maximum Gasteiger partial charge on any atom is 0.143 e. The van der Waals surface area contributed by atoms with Crippen LogP contribution in [-0.4, -0.2) is 0 Å². The number of hydrogen-bond acceptors (Lipinski definition) is 1. The van der Waals surface area contributed by atoms with Gasteiger partial charge in [-0.15, -0.1) is 0 Å². The second-order valence-corrected chi connectivity index (χ2v) is 10.7. The van der Waals surface area contributed by atoms with Gasteiger partial charge in [-0.05, 0) is 78.7 Å². The van der Waals surface area contributed by atoms with Crippen molar-refractivity contribution in [3.63, 3.8) is 0 Å². The van der Waals surface area contributed by atoms with E-state index in [0.29, 0.717) is 16.7 Å². The highest BCUT2D eigenvalue weighted by molar-refractivity contribution is 6.21. The number of para-hydroxylation sites is 1. The zero-order chi connectivity index (χ0) is 41.1. The summed E-state index contributed by atoms with van der Waals surface area (Å²) in [4.78, 5) is 0. The molecule has 8 aromatic carbocycles. The van der Waals surface area contributed by atoms with E-state index in [1.165, 1.54) is 0 Å². The van der Waals surface area contributed by atoms with Gasteiger partial charge < -0.3 is 4.42 Å². The minimum Gasteiger partial charge on any atom is -0.455 e. The van der Waals surface area contributed by atoms with Gasteiger partial charge in [0.05, 0.1) is 17.8 Å². The molecule has 0 amide bonds. The Morgan fingerprint density at radius 3 is 1.67 bits per heavy atom. The van der Waals surface area contributed by atoms with Crippen molar-refractivity contribution < 1.29 is 22.2 Å². The van der Waals surface area contributed by atoms with Crippen LogP contribution in [-0.2, 0) is 0 Å². The molecular formula is C44H28O. The summed E-state index contributed by atoms with van der Waals surface area (Å²) in [6.07, 6.45) is 0. The molecule has 0 saturated heterocycles. The molecule has 0 aliphatic carbocycles. The highest BCUT2D eigenvalue weighted by Crippen LogP contribution is 2.44. The summed E-state index contributed by atoms with van der Waals surface area (Å²) in [5, 5.41) is 1.07. The lowest BCUT2D eigenvalue weighted by atomic mass is 9.85. The van der Waals surface area contributed by atoms with Gasteiger partial charge in [0.25, 0.3) is 0 Å². The summed E-state index contributed by atoms with van der Waals surface area (Å²) in [6, 6.07) is 20.4. The van der Waals surface area contributed by atoms with Crippen LogP contribution in [0.1, 0.15) is 17.8 Å². The average Bonchev–Trinajstić information content (AvgIpc) is 3.62. The lowest BCUT2D eigenvalue weighted by Crippen LogP contribution is -1.91. The molecule has 9 aromatic rings. The molecule has 45 heavy (non-hydrogen) atoms. The minimum atomic E-state index is -0.714. The van der Waals surface area contributed by atoms with Crippen molar-refractivity contribution in [1.82, 2.24) is 0 Å². The van der Waals surface area contributed by atoms with Crippen molar-refractivity contribution in [2.75, 3.05) is 0 Å². The van der Waals surface area contributed by atoms with Crippen molar-refractivity contribution in [3.8, 4) is 44.5 Å². The quantitative estimate of drug-likeness (QED) is 0.187. The van der Waals surface area contributed by atoms with Crippen LogP contribution in [0.2, 0.25) is 0 Å². The van der Waals surface area contributed by atoms with E-state index in [1.807, 2.05) is 72.8 Å². The van der Waals surface area contributed by atoms with Gasteiger partial charge in [0.15, 0.2) is 0 Å². The standard InChI is InChI=1S/C44H28O/c1-3-13-29(14-4-1)34-23-12-24-40-35-26-25-32(28-41(35)45-44(34)40)31-17-11-18-33(27-31)43-38-21-9-7-19-36(38)42(30-15-5-2-6-16-30)37-20-8-10-22-39(37)43/h1-28H/i2D,5D,6D,7D,8D,9D,10D,15D,16D,19D,20D,21D,22D. The first-order chi connectivity index (χ1) is 27.7. The fourth-order valence-electron chi connectivity index (χ4n) is 6.22. The van der Waals surface area contributed by atoms with Crippen LogP contribution < -0.4 is 0 Å². The first kappa shape index (κ1) is 15.7. The Morgan fingerprint density at radius 2 is 0.956 bits per heavy atom. The predicted octanol–water partition coefficient (Wildman–Crippen LogP) is 12.6. The van der Waals surface area contributed by atoms with Gasteiger partial charge in [0.1, 0.15) is 11.2 Å². The largest absolute Gasteiger partial charge is 0.455 e. The van der Waals surface area contributed by atoms with Gasteiger partial charge in [-0.1, -0.05) is 151 Å².